The third kappa shape index (κ3) is 5.38. The Labute approximate surface area is 121 Å². The summed E-state index contributed by atoms with van der Waals surface area (Å²) in [7, 11) is -4.16. The van der Waals surface area contributed by atoms with E-state index in [4.69, 9.17) is 0 Å². The number of rotatable bonds is 6. The fourth-order valence-electron chi connectivity index (χ4n) is 1.17. The Kier molecular flexibility index (Phi) is 5.80. The van der Waals surface area contributed by atoms with Gasteiger partial charge in [-0.1, -0.05) is 6.92 Å². The maximum Gasteiger partial charge on any atom is 0.402 e. The molecule has 0 atom stereocenters. The van der Waals surface area contributed by atoms with Crippen molar-refractivity contribution >= 4 is 37.3 Å². The molecule has 0 aliphatic rings. The third-order valence-electron chi connectivity index (χ3n) is 2.01. The first-order chi connectivity index (χ1) is 8.65. The predicted molar refractivity (Wildman–Crippen MR) is 70.6 cm³/mol. The molecule has 0 radical (unpaired) electrons. The molecule has 110 valence electrons. The molecule has 0 saturated carbocycles. The van der Waals surface area contributed by atoms with Crippen LogP contribution in [0.4, 0.5) is 13.2 Å². The van der Waals surface area contributed by atoms with Gasteiger partial charge in [0.2, 0.25) is 10.0 Å². The average molecular weight is 381 g/mol. The van der Waals surface area contributed by atoms with Crippen LogP contribution < -0.4 is 10.0 Å². The summed E-state index contributed by atoms with van der Waals surface area (Å²) in [5.41, 5.74) is 0. The number of nitrogens with one attached hydrogen (secondary N) is 2. The fraction of sp³-hybridized carbons (Fsp3) is 0.556. The first-order valence-corrected chi connectivity index (χ1v) is 8.30. The van der Waals surface area contributed by atoms with Crippen molar-refractivity contribution in [1.29, 1.82) is 0 Å². The molecule has 1 aromatic heterocycles. The summed E-state index contributed by atoms with van der Waals surface area (Å²) in [5, 5.41) is 3.01. The summed E-state index contributed by atoms with van der Waals surface area (Å²) >= 11 is 4.22. The quantitative estimate of drug-likeness (QED) is 0.796. The highest BCUT2D eigenvalue weighted by Crippen LogP contribution is 2.31. The number of hydrogen-bond acceptors (Lipinski definition) is 4. The minimum atomic E-state index is -4.58. The molecule has 0 aromatic carbocycles. The summed E-state index contributed by atoms with van der Waals surface area (Å²) in [5.74, 6) is 0. The standard InChI is InChI=1S/C9H12BrF3N2O2S2/c1-2-14-4-6-3-7(8(10)18-6)19(16,17)15-5-9(11,12)13/h3,14-15H,2,4-5H2,1H3. The Bertz CT molecular complexity index is 528. The van der Waals surface area contributed by atoms with E-state index >= 15 is 0 Å². The third-order valence-corrected chi connectivity index (χ3v) is 5.66. The van der Waals surface area contributed by atoms with Gasteiger partial charge in [-0.2, -0.15) is 13.2 Å². The van der Waals surface area contributed by atoms with E-state index in [1.54, 1.807) is 0 Å². The van der Waals surface area contributed by atoms with Gasteiger partial charge in [-0.25, -0.2) is 13.1 Å². The summed E-state index contributed by atoms with van der Waals surface area (Å²) in [4.78, 5) is 0.552. The Hall–Kier alpha value is -0.160. The molecule has 0 unspecified atom stereocenters. The first kappa shape index (κ1) is 16.9. The molecule has 0 aliphatic heterocycles. The van der Waals surface area contributed by atoms with Gasteiger partial charge in [0.1, 0.15) is 11.4 Å². The Morgan fingerprint density at radius 2 is 2.05 bits per heavy atom. The Morgan fingerprint density at radius 1 is 1.42 bits per heavy atom. The van der Waals surface area contributed by atoms with Gasteiger partial charge in [-0.05, 0) is 28.5 Å². The van der Waals surface area contributed by atoms with Crippen LogP contribution in [0.3, 0.4) is 0 Å². The second-order valence-electron chi connectivity index (χ2n) is 3.57. The normalized spacial score (nSPS) is 12.9. The van der Waals surface area contributed by atoms with Gasteiger partial charge < -0.3 is 5.32 Å². The average Bonchev–Trinajstić information content (AvgIpc) is 2.65. The summed E-state index contributed by atoms with van der Waals surface area (Å²) in [6.45, 7) is 1.49. The molecule has 0 bridgehead atoms. The minimum Gasteiger partial charge on any atom is -0.312 e. The molecule has 0 aliphatic carbocycles. The monoisotopic (exact) mass is 380 g/mol. The molecular weight excluding hydrogens is 369 g/mol. The van der Waals surface area contributed by atoms with Gasteiger partial charge in [0.15, 0.2) is 0 Å². The van der Waals surface area contributed by atoms with E-state index < -0.39 is 22.7 Å². The molecule has 0 fully saturated rings. The van der Waals surface area contributed by atoms with Crippen molar-refractivity contribution in [3.63, 3.8) is 0 Å². The molecule has 19 heavy (non-hydrogen) atoms. The second kappa shape index (κ2) is 6.53. The zero-order chi connectivity index (χ0) is 14.7. The van der Waals surface area contributed by atoms with Crippen LogP contribution in [0.5, 0.6) is 0 Å². The van der Waals surface area contributed by atoms with E-state index in [0.717, 1.165) is 4.88 Å². The number of sulfonamides is 1. The summed E-state index contributed by atoms with van der Waals surface area (Å²) in [6.07, 6.45) is -4.58. The molecule has 1 aromatic rings. The van der Waals surface area contributed by atoms with Gasteiger partial charge in [0, 0.05) is 11.4 Å². The first-order valence-electron chi connectivity index (χ1n) is 5.21. The Balaban J connectivity index is 2.86. The smallest absolute Gasteiger partial charge is 0.312 e. The lowest BCUT2D eigenvalue weighted by atomic mass is 10.4. The molecule has 1 rings (SSSR count). The van der Waals surface area contributed by atoms with E-state index in [1.165, 1.54) is 22.1 Å². The molecule has 0 amide bonds. The SMILES string of the molecule is CCNCc1cc(S(=O)(=O)NCC(F)(F)F)c(Br)s1. The molecule has 2 N–H and O–H groups in total. The topological polar surface area (TPSA) is 58.2 Å². The van der Waals surface area contributed by atoms with E-state index in [-0.39, 0.29) is 8.68 Å². The minimum absolute atomic E-state index is 0.172. The summed E-state index contributed by atoms with van der Waals surface area (Å²) in [6, 6.07) is 1.36. The molecule has 0 spiro atoms. The predicted octanol–water partition coefficient (Wildman–Crippen LogP) is 2.46. The molecule has 10 heteroatoms. The number of alkyl halides is 3. The van der Waals surface area contributed by atoms with Crippen molar-refractivity contribution in [2.75, 3.05) is 13.1 Å². The Morgan fingerprint density at radius 3 is 2.58 bits per heavy atom. The van der Waals surface area contributed by atoms with E-state index in [1.807, 2.05) is 6.92 Å². The van der Waals surface area contributed by atoms with Crippen LogP contribution in [-0.2, 0) is 16.6 Å². The maximum atomic E-state index is 12.0. The van der Waals surface area contributed by atoms with E-state index in [2.05, 4.69) is 21.2 Å². The van der Waals surface area contributed by atoms with Crippen molar-refractivity contribution in [3.05, 3.63) is 14.7 Å². The highest BCUT2D eigenvalue weighted by molar-refractivity contribution is 9.11. The zero-order valence-electron chi connectivity index (χ0n) is 9.84. The highest BCUT2D eigenvalue weighted by Gasteiger charge is 2.31. The fourth-order valence-corrected chi connectivity index (χ4v) is 4.84. The molecule has 4 nitrogen and oxygen atoms in total. The van der Waals surface area contributed by atoms with Crippen LogP contribution in [0.25, 0.3) is 0 Å². The molecule has 0 saturated heterocycles. The van der Waals surface area contributed by atoms with Crippen molar-refractivity contribution in [3.8, 4) is 0 Å². The van der Waals surface area contributed by atoms with Crippen molar-refractivity contribution < 1.29 is 21.6 Å². The van der Waals surface area contributed by atoms with Crippen LogP contribution in [0.2, 0.25) is 0 Å². The summed E-state index contributed by atoms with van der Waals surface area (Å²) < 4.78 is 61.4. The number of hydrogen-bond donors (Lipinski definition) is 2. The van der Waals surface area contributed by atoms with Gasteiger partial charge in [0.05, 0.1) is 3.79 Å². The van der Waals surface area contributed by atoms with Gasteiger partial charge in [-0.3, -0.25) is 0 Å². The lowest BCUT2D eigenvalue weighted by Gasteiger charge is -2.08. The number of thiophene rings is 1. The van der Waals surface area contributed by atoms with Crippen LogP contribution >= 0.6 is 27.3 Å². The van der Waals surface area contributed by atoms with Crippen molar-refractivity contribution in [2.24, 2.45) is 0 Å². The molecular formula is C9H12BrF3N2O2S2. The lowest BCUT2D eigenvalue weighted by molar-refractivity contribution is -0.121. The van der Waals surface area contributed by atoms with Crippen LogP contribution in [0.15, 0.2) is 14.7 Å². The van der Waals surface area contributed by atoms with E-state index in [9.17, 15) is 21.6 Å². The van der Waals surface area contributed by atoms with Crippen molar-refractivity contribution in [2.45, 2.75) is 24.5 Å². The largest absolute Gasteiger partial charge is 0.402 e. The zero-order valence-corrected chi connectivity index (χ0v) is 13.1. The van der Waals surface area contributed by atoms with Gasteiger partial charge in [0.25, 0.3) is 0 Å². The lowest BCUT2D eigenvalue weighted by Crippen LogP contribution is -2.33. The van der Waals surface area contributed by atoms with Crippen LogP contribution in [0.1, 0.15) is 11.8 Å². The molecule has 1 heterocycles. The maximum absolute atomic E-state index is 12.0. The van der Waals surface area contributed by atoms with Gasteiger partial charge >= 0.3 is 6.18 Å². The van der Waals surface area contributed by atoms with Crippen LogP contribution in [0, 0.1) is 0 Å². The van der Waals surface area contributed by atoms with E-state index in [0.29, 0.717) is 13.1 Å². The van der Waals surface area contributed by atoms with Gasteiger partial charge in [-0.15, -0.1) is 11.3 Å². The van der Waals surface area contributed by atoms with Crippen molar-refractivity contribution in [1.82, 2.24) is 10.0 Å². The number of halogens is 4. The highest BCUT2D eigenvalue weighted by atomic mass is 79.9. The second-order valence-corrected chi connectivity index (χ2v) is 7.76. The van der Waals surface area contributed by atoms with Crippen LogP contribution in [-0.4, -0.2) is 27.7 Å².